The van der Waals surface area contributed by atoms with Crippen molar-refractivity contribution in [3.8, 4) is 5.88 Å². The Kier molecular flexibility index (Phi) is 4.71. The number of nitrogens with zero attached hydrogens (tertiary/aromatic N) is 2. The number of esters is 1. The van der Waals surface area contributed by atoms with E-state index in [1.54, 1.807) is 0 Å². The number of hydrogen-bond acceptors (Lipinski definition) is 5. The molecule has 104 valence electrons. The SMILES string of the molecule is CCC1CCCC(Oc2cnc(C(=O)OC)cn2)C1. The summed E-state index contributed by atoms with van der Waals surface area (Å²) in [5.74, 6) is 0.748. The maximum absolute atomic E-state index is 11.2. The lowest BCUT2D eigenvalue weighted by atomic mass is 9.85. The standard InChI is InChI=1S/C14H20N2O3/c1-3-10-5-4-6-11(7-10)19-13-9-15-12(8-16-13)14(17)18-2/h8-11H,3-7H2,1-2H3. The van der Waals surface area contributed by atoms with E-state index in [4.69, 9.17) is 4.74 Å². The minimum absolute atomic E-state index is 0.199. The Hall–Kier alpha value is -1.65. The predicted octanol–water partition coefficient (Wildman–Crippen LogP) is 2.61. The van der Waals surface area contributed by atoms with Crippen LogP contribution in [-0.4, -0.2) is 29.2 Å². The van der Waals surface area contributed by atoms with Gasteiger partial charge in [-0.1, -0.05) is 19.8 Å². The molecule has 1 aliphatic carbocycles. The second-order valence-corrected chi connectivity index (χ2v) is 4.91. The van der Waals surface area contributed by atoms with Gasteiger partial charge in [0.15, 0.2) is 5.69 Å². The highest BCUT2D eigenvalue weighted by Gasteiger charge is 2.22. The highest BCUT2D eigenvalue weighted by Crippen LogP contribution is 2.28. The Morgan fingerprint density at radius 3 is 2.84 bits per heavy atom. The minimum Gasteiger partial charge on any atom is -0.473 e. The number of methoxy groups -OCH3 is 1. The van der Waals surface area contributed by atoms with E-state index in [-0.39, 0.29) is 11.8 Å². The average Bonchev–Trinajstić information content (AvgIpc) is 2.47. The number of carbonyl (C=O) groups excluding carboxylic acids is 1. The molecule has 5 nitrogen and oxygen atoms in total. The van der Waals surface area contributed by atoms with Crippen LogP contribution in [0.4, 0.5) is 0 Å². The molecule has 0 radical (unpaired) electrons. The molecule has 1 saturated carbocycles. The molecule has 1 aromatic heterocycles. The Bertz CT molecular complexity index is 419. The van der Waals surface area contributed by atoms with Crippen LogP contribution in [0, 0.1) is 5.92 Å². The normalized spacial score (nSPS) is 22.8. The molecule has 1 fully saturated rings. The highest BCUT2D eigenvalue weighted by molar-refractivity contribution is 5.86. The first-order chi connectivity index (χ1) is 9.22. The van der Waals surface area contributed by atoms with Crippen molar-refractivity contribution in [2.75, 3.05) is 7.11 Å². The number of hydrogen-bond donors (Lipinski definition) is 0. The van der Waals surface area contributed by atoms with Crippen LogP contribution in [0.2, 0.25) is 0 Å². The fraction of sp³-hybridized carbons (Fsp3) is 0.643. The lowest BCUT2D eigenvalue weighted by Crippen LogP contribution is -2.25. The third kappa shape index (κ3) is 3.66. The molecule has 0 saturated heterocycles. The molecule has 2 rings (SSSR count). The molecular formula is C14H20N2O3. The van der Waals surface area contributed by atoms with Crippen molar-refractivity contribution in [3.05, 3.63) is 18.1 Å². The smallest absolute Gasteiger partial charge is 0.358 e. The lowest BCUT2D eigenvalue weighted by molar-refractivity contribution is 0.0593. The molecular weight excluding hydrogens is 244 g/mol. The third-order valence-corrected chi connectivity index (χ3v) is 3.62. The molecule has 1 heterocycles. The van der Waals surface area contributed by atoms with Gasteiger partial charge in [-0.25, -0.2) is 14.8 Å². The Morgan fingerprint density at radius 2 is 2.21 bits per heavy atom. The summed E-state index contributed by atoms with van der Waals surface area (Å²) in [5, 5.41) is 0. The number of ether oxygens (including phenoxy) is 2. The van der Waals surface area contributed by atoms with E-state index in [2.05, 4.69) is 21.6 Å². The molecule has 2 unspecified atom stereocenters. The van der Waals surface area contributed by atoms with Crippen LogP contribution in [0.15, 0.2) is 12.4 Å². The van der Waals surface area contributed by atoms with Gasteiger partial charge in [-0.3, -0.25) is 0 Å². The molecule has 0 N–H and O–H groups in total. The van der Waals surface area contributed by atoms with Crippen molar-refractivity contribution < 1.29 is 14.3 Å². The predicted molar refractivity (Wildman–Crippen MR) is 70.0 cm³/mol. The molecule has 0 amide bonds. The second kappa shape index (κ2) is 6.50. The summed E-state index contributed by atoms with van der Waals surface area (Å²) in [6.07, 6.45) is 8.95. The van der Waals surface area contributed by atoms with E-state index >= 15 is 0 Å². The zero-order valence-electron chi connectivity index (χ0n) is 11.5. The summed E-state index contributed by atoms with van der Waals surface area (Å²) in [6.45, 7) is 2.22. The highest BCUT2D eigenvalue weighted by atomic mass is 16.5. The van der Waals surface area contributed by atoms with E-state index in [1.807, 2.05) is 0 Å². The van der Waals surface area contributed by atoms with Gasteiger partial charge in [-0.2, -0.15) is 0 Å². The zero-order valence-corrected chi connectivity index (χ0v) is 11.5. The number of aromatic nitrogens is 2. The van der Waals surface area contributed by atoms with Crippen LogP contribution >= 0.6 is 0 Å². The average molecular weight is 264 g/mol. The summed E-state index contributed by atoms with van der Waals surface area (Å²) in [5.41, 5.74) is 0.199. The molecule has 5 heteroatoms. The van der Waals surface area contributed by atoms with Crippen molar-refractivity contribution in [2.45, 2.75) is 45.1 Å². The Morgan fingerprint density at radius 1 is 1.37 bits per heavy atom. The van der Waals surface area contributed by atoms with Crippen LogP contribution in [0.5, 0.6) is 5.88 Å². The van der Waals surface area contributed by atoms with Crippen LogP contribution in [0.3, 0.4) is 0 Å². The van der Waals surface area contributed by atoms with Crippen molar-refractivity contribution in [1.29, 1.82) is 0 Å². The molecule has 0 bridgehead atoms. The minimum atomic E-state index is -0.484. The monoisotopic (exact) mass is 264 g/mol. The van der Waals surface area contributed by atoms with E-state index in [9.17, 15) is 4.79 Å². The topological polar surface area (TPSA) is 61.3 Å². The van der Waals surface area contributed by atoms with Gasteiger partial charge in [0.25, 0.3) is 0 Å². The van der Waals surface area contributed by atoms with E-state index in [0.29, 0.717) is 5.88 Å². The maximum atomic E-state index is 11.2. The van der Waals surface area contributed by atoms with Crippen molar-refractivity contribution >= 4 is 5.97 Å². The molecule has 19 heavy (non-hydrogen) atoms. The summed E-state index contributed by atoms with van der Waals surface area (Å²) in [7, 11) is 1.32. The number of rotatable bonds is 4. The molecule has 0 spiro atoms. The first-order valence-electron chi connectivity index (χ1n) is 6.80. The first-order valence-corrected chi connectivity index (χ1v) is 6.80. The van der Waals surface area contributed by atoms with Gasteiger partial charge in [0.2, 0.25) is 5.88 Å². The molecule has 2 atom stereocenters. The quantitative estimate of drug-likeness (QED) is 0.782. The van der Waals surface area contributed by atoms with Gasteiger partial charge in [0, 0.05) is 0 Å². The van der Waals surface area contributed by atoms with E-state index in [0.717, 1.165) is 18.8 Å². The van der Waals surface area contributed by atoms with Gasteiger partial charge in [-0.05, 0) is 25.2 Å². The molecule has 1 aromatic rings. The summed E-state index contributed by atoms with van der Waals surface area (Å²) in [4.78, 5) is 19.3. The van der Waals surface area contributed by atoms with Gasteiger partial charge < -0.3 is 9.47 Å². The van der Waals surface area contributed by atoms with Crippen molar-refractivity contribution in [2.24, 2.45) is 5.92 Å². The molecule has 0 aliphatic heterocycles. The Balaban J connectivity index is 1.94. The van der Waals surface area contributed by atoms with Gasteiger partial charge in [0.1, 0.15) is 6.10 Å². The second-order valence-electron chi connectivity index (χ2n) is 4.91. The van der Waals surface area contributed by atoms with Crippen LogP contribution in [0.1, 0.15) is 49.5 Å². The van der Waals surface area contributed by atoms with Gasteiger partial charge >= 0.3 is 5.97 Å². The molecule has 0 aromatic carbocycles. The van der Waals surface area contributed by atoms with Crippen LogP contribution in [0.25, 0.3) is 0 Å². The number of carbonyl (C=O) groups is 1. The van der Waals surface area contributed by atoms with E-state index < -0.39 is 5.97 Å². The van der Waals surface area contributed by atoms with Gasteiger partial charge in [-0.15, -0.1) is 0 Å². The Labute approximate surface area is 113 Å². The lowest BCUT2D eigenvalue weighted by Gasteiger charge is -2.28. The van der Waals surface area contributed by atoms with Crippen LogP contribution in [-0.2, 0) is 4.74 Å². The van der Waals surface area contributed by atoms with Crippen molar-refractivity contribution in [1.82, 2.24) is 9.97 Å². The largest absolute Gasteiger partial charge is 0.473 e. The third-order valence-electron chi connectivity index (χ3n) is 3.62. The fourth-order valence-corrected chi connectivity index (χ4v) is 2.48. The summed E-state index contributed by atoms with van der Waals surface area (Å²) in [6, 6.07) is 0. The van der Waals surface area contributed by atoms with E-state index in [1.165, 1.54) is 38.8 Å². The fourth-order valence-electron chi connectivity index (χ4n) is 2.48. The van der Waals surface area contributed by atoms with Crippen LogP contribution < -0.4 is 4.74 Å². The van der Waals surface area contributed by atoms with Gasteiger partial charge in [0.05, 0.1) is 19.5 Å². The first kappa shape index (κ1) is 13.8. The summed E-state index contributed by atoms with van der Waals surface area (Å²) < 4.78 is 10.4. The molecule has 1 aliphatic rings. The maximum Gasteiger partial charge on any atom is 0.358 e. The zero-order chi connectivity index (χ0) is 13.7. The van der Waals surface area contributed by atoms with Crippen molar-refractivity contribution in [3.63, 3.8) is 0 Å². The summed E-state index contributed by atoms with van der Waals surface area (Å²) >= 11 is 0.